The van der Waals surface area contributed by atoms with E-state index < -0.39 is 32.2 Å². The van der Waals surface area contributed by atoms with E-state index in [9.17, 15) is 17.6 Å². The minimum atomic E-state index is -4.31. The second-order valence-electron chi connectivity index (χ2n) is 4.70. The number of nitrogens with two attached hydrogens (primary N) is 1. The summed E-state index contributed by atoms with van der Waals surface area (Å²) >= 11 is 5.72. The zero-order chi connectivity index (χ0) is 15.6. The first-order chi connectivity index (χ1) is 9.79. The highest BCUT2D eigenvalue weighted by atomic mass is 35.5. The largest absolute Gasteiger partial charge is 0.379 e. The van der Waals surface area contributed by atoms with E-state index in [0.717, 1.165) is 18.6 Å². The Bertz CT molecular complexity index is 659. The van der Waals surface area contributed by atoms with Crippen LogP contribution in [0.4, 0.5) is 4.39 Å². The lowest BCUT2D eigenvalue weighted by atomic mass is 10.1. The lowest BCUT2D eigenvalue weighted by Gasteiger charge is -2.23. The molecule has 1 atom stereocenters. The number of primary sulfonamides is 1. The molecule has 1 fully saturated rings. The summed E-state index contributed by atoms with van der Waals surface area (Å²) in [5.41, 5.74) is -0.461. The summed E-state index contributed by atoms with van der Waals surface area (Å²) in [5, 5.41) is 7.39. The van der Waals surface area contributed by atoms with Crippen molar-refractivity contribution in [3.8, 4) is 0 Å². The first kappa shape index (κ1) is 16.2. The van der Waals surface area contributed by atoms with Crippen molar-refractivity contribution in [2.24, 2.45) is 5.14 Å². The number of rotatable bonds is 3. The highest BCUT2D eigenvalue weighted by molar-refractivity contribution is 7.89. The molecule has 6 nitrogen and oxygen atoms in total. The zero-order valence-corrected chi connectivity index (χ0v) is 12.5. The third-order valence-electron chi connectivity index (χ3n) is 3.05. The molecule has 1 unspecified atom stereocenters. The maximum atomic E-state index is 14.1. The van der Waals surface area contributed by atoms with Crippen LogP contribution in [0.2, 0.25) is 5.02 Å². The number of hydrogen-bond acceptors (Lipinski definition) is 4. The number of amides is 1. The monoisotopic (exact) mass is 336 g/mol. The van der Waals surface area contributed by atoms with E-state index in [0.29, 0.717) is 19.6 Å². The Kier molecular flexibility index (Phi) is 4.82. The van der Waals surface area contributed by atoms with Crippen LogP contribution in [0.3, 0.4) is 0 Å². The molecule has 0 aromatic heterocycles. The molecule has 1 saturated heterocycles. The number of benzene rings is 1. The minimum absolute atomic E-state index is 0.0922. The predicted molar refractivity (Wildman–Crippen MR) is 74.1 cm³/mol. The third kappa shape index (κ3) is 3.91. The molecule has 1 heterocycles. The van der Waals surface area contributed by atoms with Crippen LogP contribution in [0, 0.1) is 5.82 Å². The van der Waals surface area contributed by atoms with E-state index in [4.69, 9.17) is 21.5 Å². The molecule has 1 aliphatic rings. The molecule has 0 aliphatic carbocycles. The van der Waals surface area contributed by atoms with Crippen LogP contribution in [-0.2, 0) is 14.8 Å². The van der Waals surface area contributed by atoms with E-state index in [-0.39, 0.29) is 11.1 Å². The number of carbonyl (C=O) groups excluding carboxylic acids is 1. The normalized spacial score (nSPS) is 19.3. The van der Waals surface area contributed by atoms with Crippen molar-refractivity contribution in [3.05, 3.63) is 28.5 Å². The van der Waals surface area contributed by atoms with Crippen molar-refractivity contribution < 1.29 is 22.3 Å². The Morgan fingerprint density at radius 2 is 2.19 bits per heavy atom. The van der Waals surface area contributed by atoms with Crippen LogP contribution in [0.5, 0.6) is 0 Å². The fraction of sp³-hybridized carbons (Fsp3) is 0.417. The SMILES string of the molecule is NS(=O)(=O)c1cc(Cl)cc(C(=O)NC2CCCOC2)c1F. The minimum Gasteiger partial charge on any atom is -0.379 e. The smallest absolute Gasteiger partial charge is 0.254 e. The molecule has 1 aromatic carbocycles. The van der Waals surface area contributed by atoms with Gasteiger partial charge >= 0.3 is 0 Å². The molecule has 0 saturated carbocycles. The summed E-state index contributed by atoms with van der Waals surface area (Å²) in [6.45, 7) is 0.948. The van der Waals surface area contributed by atoms with Gasteiger partial charge in [0.25, 0.3) is 5.91 Å². The van der Waals surface area contributed by atoms with Crippen molar-refractivity contribution in [1.82, 2.24) is 5.32 Å². The van der Waals surface area contributed by atoms with Gasteiger partial charge in [0.15, 0.2) is 5.82 Å². The van der Waals surface area contributed by atoms with Crippen LogP contribution in [0.1, 0.15) is 23.2 Å². The van der Waals surface area contributed by atoms with Gasteiger partial charge in [-0.25, -0.2) is 17.9 Å². The molecule has 0 bridgehead atoms. The van der Waals surface area contributed by atoms with Crippen LogP contribution in [-0.4, -0.2) is 33.6 Å². The molecule has 2 rings (SSSR count). The predicted octanol–water partition coefficient (Wildman–Crippen LogP) is 1.04. The molecular formula is C12H14ClFN2O4S. The maximum absolute atomic E-state index is 14.1. The maximum Gasteiger partial charge on any atom is 0.254 e. The van der Waals surface area contributed by atoms with E-state index in [1.165, 1.54) is 0 Å². The van der Waals surface area contributed by atoms with Gasteiger partial charge in [0.05, 0.1) is 18.2 Å². The molecule has 0 radical (unpaired) electrons. The van der Waals surface area contributed by atoms with E-state index >= 15 is 0 Å². The van der Waals surface area contributed by atoms with Gasteiger partial charge in [-0.3, -0.25) is 4.79 Å². The third-order valence-corrected chi connectivity index (χ3v) is 4.18. The van der Waals surface area contributed by atoms with Crippen molar-refractivity contribution in [3.63, 3.8) is 0 Å². The second-order valence-corrected chi connectivity index (χ2v) is 6.66. The molecule has 1 aromatic rings. The van der Waals surface area contributed by atoms with Gasteiger partial charge in [-0.15, -0.1) is 0 Å². The van der Waals surface area contributed by atoms with Crippen molar-refractivity contribution in [2.45, 2.75) is 23.8 Å². The first-order valence-electron chi connectivity index (χ1n) is 6.19. The van der Waals surface area contributed by atoms with Gasteiger partial charge in [-0.1, -0.05) is 11.6 Å². The van der Waals surface area contributed by atoms with Crippen molar-refractivity contribution in [1.29, 1.82) is 0 Å². The number of sulfonamides is 1. The average Bonchev–Trinajstić information content (AvgIpc) is 2.40. The Morgan fingerprint density at radius 1 is 1.48 bits per heavy atom. The number of nitrogens with one attached hydrogen (secondary N) is 1. The summed E-state index contributed by atoms with van der Waals surface area (Å²) in [4.78, 5) is 11.3. The summed E-state index contributed by atoms with van der Waals surface area (Å²) < 4.78 is 41.9. The summed E-state index contributed by atoms with van der Waals surface area (Å²) in [6, 6.07) is 1.68. The average molecular weight is 337 g/mol. The molecular weight excluding hydrogens is 323 g/mol. The molecule has 1 amide bonds. The highest BCUT2D eigenvalue weighted by Crippen LogP contribution is 2.23. The van der Waals surface area contributed by atoms with Gasteiger partial charge in [-0.05, 0) is 25.0 Å². The Labute approximate surface area is 126 Å². The van der Waals surface area contributed by atoms with Crippen LogP contribution < -0.4 is 10.5 Å². The van der Waals surface area contributed by atoms with Crippen LogP contribution in [0.25, 0.3) is 0 Å². The van der Waals surface area contributed by atoms with Crippen molar-refractivity contribution in [2.75, 3.05) is 13.2 Å². The van der Waals surface area contributed by atoms with Gasteiger partial charge in [-0.2, -0.15) is 0 Å². The topological polar surface area (TPSA) is 98.5 Å². The zero-order valence-electron chi connectivity index (χ0n) is 10.9. The highest BCUT2D eigenvalue weighted by Gasteiger charge is 2.24. The van der Waals surface area contributed by atoms with Crippen molar-refractivity contribution >= 4 is 27.5 Å². The molecule has 0 spiro atoms. The van der Waals surface area contributed by atoms with Gasteiger partial charge in [0.1, 0.15) is 4.90 Å². The lowest BCUT2D eigenvalue weighted by Crippen LogP contribution is -2.41. The second kappa shape index (κ2) is 6.27. The lowest BCUT2D eigenvalue weighted by molar-refractivity contribution is 0.0622. The molecule has 9 heteroatoms. The fourth-order valence-electron chi connectivity index (χ4n) is 2.05. The van der Waals surface area contributed by atoms with Gasteiger partial charge in [0.2, 0.25) is 10.0 Å². The number of hydrogen-bond donors (Lipinski definition) is 2. The van der Waals surface area contributed by atoms with E-state index in [1.54, 1.807) is 0 Å². The van der Waals surface area contributed by atoms with Gasteiger partial charge in [0, 0.05) is 11.6 Å². The summed E-state index contributed by atoms with van der Waals surface area (Å²) in [7, 11) is -4.31. The Hall–Kier alpha value is -1.22. The first-order valence-corrected chi connectivity index (χ1v) is 8.12. The summed E-state index contributed by atoms with van der Waals surface area (Å²) in [5.74, 6) is -1.97. The Morgan fingerprint density at radius 3 is 2.76 bits per heavy atom. The van der Waals surface area contributed by atoms with Crippen LogP contribution >= 0.6 is 11.6 Å². The van der Waals surface area contributed by atoms with E-state index in [1.807, 2.05) is 0 Å². The standard InChI is InChI=1S/C12H14ClFN2O4S/c13-7-4-9(11(14)10(5-7)21(15,18)19)12(17)16-8-2-1-3-20-6-8/h4-5,8H,1-3,6H2,(H,16,17)(H2,15,18,19). The van der Waals surface area contributed by atoms with Crippen LogP contribution in [0.15, 0.2) is 17.0 Å². The molecule has 116 valence electrons. The summed E-state index contributed by atoms with van der Waals surface area (Å²) in [6.07, 6.45) is 1.49. The quantitative estimate of drug-likeness (QED) is 0.861. The molecule has 21 heavy (non-hydrogen) atoms. The number of carbonyl (C=O) groups is 1. The number of ether oxygens (including phenoxy) is 1. The molecule has 3 N–H and O–H groups in total. The van der Waals surface area contributed by atoms with Gasteiger partial charge < -0.3 is 10.1 Å². The Balaban J connectivity index is 2.30. The fourth-order valence-corrected chi connectivity index (χ4v) is 2.99. The number of halogens is 2. The molecule has 1 aliphatic heterocycles. The van der Waals surface area contributed by atoms with E-state index in [2.05, 4.69) is 5.32 Å².